The average molecular weight is 640 g/mol. The number of hydrogen-bond acceptors (Lipinski definition) is 10. The first-order valence-corrected chi connectivity index (χ1v) is 15.5. The number of anilines is 1. The Hall–Kier alpha value is -3.94. The number of thioether (sulfide) groups is 1. The Kier molecular flexibility index (Phi) is 14.8. The summed E-state index contributed by atoms with van der Waals surface area (Å²) in [5.41, 5.74) is 7.15. The highest BCUT2D eigenvalue weighted by Gasteiger charge is 2.20. The fourth-order valence-corrected chi connectivity index (χ4v) is 4.89. The molecular formula is C33H41N3O8S. The van der Waals surface area contributed by atoms with Gasteiger partial charge >= 0.3 is 0 Å². The number of nitrogens with one attached hydrogen (secondary N) is 2. The van der Waals surface area contributed by atoms with Crippen molar-refractivity contribution in [3.05, 3.63) is 88.0 Å². The van der Waals surface area contributed by atoms with Gasteiger partial charge in [-0.1, -0.05) is 30.3 Å². The Bertz CT molecular complexity index is 1450. The Balaban J connectivity index is 1.90. The number of amides is 2. The average Bonchev–Trinajstić information content (AvgIpc) is 3.03. The molecule has 1 atom stereocenters. The molecule has 3 rings (SSSR count). The van der Waals surface area contributed by atoms with Crippen LogP contribution in [-0.2, 0) is 15.2 Å². The zero-order valence-electron chi connectivity index (χ0n) is 26.0. The quantitative estimate of drug-likeness (QED) is 0.0923. The maximum Gasteiger partial charge on any atom is 0.273 e. The zero-order valence-corrected chi connectivity index (χ0v) is 26.8. The molecule has 2 amide bonds. The summed E-state index contributed by atoms with van der Waals surface area (Å²) in [6.07, 6.45) is 0.738. The van der Waals surface area contributed by atoms with Crippen LogP contribution in [-0.4, -0.2) is 87.4 Å². The largest absolute Gasteiger partial charge is 0.487 e. The number of aliphatic hydroxyl groups is 2. The topological polar surface area (TPSA) is 148 Å². The second-order valence-electron chi connectivity index (χ2n) is 10.1. The molecule has 0 aliphatic heterocycles. The minimum atomic E-state index is -0.807. The van der Waals surface area contributed by atoms with Gasteiger partial charge in [0, 0.05) is 37.4 Å². The van der Waals surface area contributed by atoms with Crippen LogP contribution in [0.2, 0.25) is 0 Å². The van der Waals surface area contributed by atoms with Crippen molar-refractivity contribution in [1.29, 1.82) is 0 Å². The maximum atomic E-state index is 13.4. The predicted octanol–water partition coefficient (Wildman–Crippen LogP) is 3.96. The van der Waals surface area contributed by atoms with Gasteiger partial charge in [0.25, 0.3) is 11.8 Å². The third-order valence-electron chi connectivity index (χ3n) is 6.56. The molecule has 0 fully saturated rings. The Morgan fingerprint density at radius 3 is 2.29 bits per heavy atom. The van der Waals surface area contributed by atoms with Crippen molar-refractivity contribution < 1.29 is 38.7 Å². The van der Waals surface area contributed by atoms with Crippen LogP contribution in [0.25, 0.3) is 0 Å². The minimum absolute atomic E-state index is 0.108. The lowest BCUT2D eigenvalue weighted by molar-refractivity contribution is 0.0955. The first-order valence-electron chi connectivity index (χ1n) is 14.3. The van der Waals surface area contributed by atoms with E-state index in [1.54, 1.807) is 38.6 Å². The molecule has 3 aromatic rings. The van der Waals surface area contributed by atoms with E-state index in [0.717, 1.165) is 22.3 Å². The number of nitrogens with zero attached hydrogens (tertiary/aromatic N) is 1. The lowest BCUT2D eigenvalue weighted by atomic mass is 10.1. The van der Waals surface area contributed by atoms with Gasteiger partial charge in [-0.15, -0.1) is 0 Å². The van der Waals surface area contributed by atoms with Gasteiger partial charge in [-0.05, 0) is 54.3 Å². The number of methoxy groups -OCH3 is 2. The normalized spacial score (nSPS) is 11.8. The fourth-order valence-electron chi connectivity index (χ4n) is 3.98. The molecule has 3 aromatic carbocycles. The monoisotopic (exact) mass is 639 g/mol. The Morgan fingerprint density at radius 1 is 0.911 bits per heavy atom. The van der Waals surface area contributed by atoms with Crippen molar-refractivity contribution in [2.45, 2.75) is 25.7 Å². The van der Waals surface area contributed by atoms with Gasteiger partial charge < -0.3 is 34.5 Å². The molecule has 0 aromatic heterocycles. The summed E-state index contributed by atoms with van der Waals surface area (Å²) in [7, 11) is 3.11. The lowest BCUT2D eigenvalue weighted by Crippen LogP contribution is -2.22. The molecule has 0 spiro atoms. The molecule has 0 aliphatic carbocycles. The van der Waals surface area contributed by atoms with E-state index in [0.29, 0.717) is 36.0 Å². The molecule has 0 bridgehead atoms. The summed E-state index contributed by atoms with van der Waals surface area (Å²) in [5, 5.41) is 25.6. The summed E-state index contributed by atoms with van der Waals surface area (Å²) in [6, 6.07) is 15.9. The van der Waals surface area contributed by atoms with Crippen LogP contribution in [0.1, 0.15) is 43.0 Å². The van der Waals surface area contributed by atoms with E-state index in [1.807, 2.05) is 38.1 Å². The van der Waals surface area contributed by atoms with Crippen molar-refractivity contribution in [3.8, 4) is 11.5 Å². The predicted molar refractivity (Wildman–Crippen MR) is 176 cm³/mol. The number of benzene rings is 3. The first kappa shape index (κ1) is 35.5. The smallest absolute Gasteiger partial charge is 0.273 e. The van der Waals surface area contributed by atoms with Crippen LogP contribution in [0.3, 0.4) is 0 Å². The zero-order chi connectivity index (χ0) is 32.6. The van der Waals surface area contributed by atoms with Gasteiger partial charge in [0.05, 0.1) is 43.4 Å². The molecule has 0 saturated heterocycles. The fraction of sp³-hybridized carbons (Fsp3) is 0.364. The summed E-state index contributed by atoms with van der Waals surface area (Å²) >= 11 is 1.44. The van der Waals surface area contributed by atoms with E-state index in [2.05, 4.69) is 15.8 Å². The molecule has 0 radical (unpaired) electrons. The third kappa shape index (κ3) is 11.5. The molecule has 45 heavy (non-hydrogen) atoms. The van der Waals surface area contributed by atoms with Crippen LogP contribution in [0.4, 0.5) is 5.69 Å². The van der Waals surface area contributed by atoms with Crippen LogP contribution < -0.4 is 20.2 Å². The van der Waals surface area contributed by atoms with Crippen molar-refractivity contribution >= 4 is 35.5 Å². The molecule has 0 heterocycles. The number of aliphatic hydroxyl groups excluding tert-OH is 2. The maximum absolute atomic E-state index is 13.4. The number of rotatable bonds is 18. The second kappa shape index (κ2) is 18.8. The van der Waals surface area contributed by atoms with Crippen molar-refractivity contribution in [3.63, 3.8) is 0 Å². The highest BCUT2D eigenvalue weighted by Crippen LogP contribution is 2.34. The first-order chi connectivity index (χ1) is 21.7. The summed E-state index contributed by atoms with van der Waals surface area (Å²) < 4.78 is 21.9. The standard InChI is InChI=1S/C33H41N3O8S/c1-22-8-9-24(14-23(22)2)18-34-36-33(40)28-16-30(43-12-10-41-3)31(44-13-11-42-4)17-29(28)35-32(39)26-7-5-6-25(15-26)20-45-21-27(38)19-37/h5-9,14-18,27,37-38H,10-13,19-21H2,1-4H3,(H,35,39)(H,36,40)/b34-18+. The van der Waals surface area contributed by atoms with Gasteiger partial charge in [-0.2, -0.15) is 16.9 Å². The Labute approximate surface area is 267 Å². The number of aryl methyl sites for hydroxylation is 2. The highest BCUT2D eigenvalue weighted by atomic mass is 32.2. The SMILES string of the molecule is COCCOc1cc(NC(=O)c2cccc(CSCC(O)CO)c2)c(C(=O)N/N=C/c2ccc(C)c(C)c2)cc1OCCOC. The molecule has 4 N–H and O–H groups in total. The molecule has 0 aliphatic rings. The summed E-state index contributed by atoms with van der Waals surface area (Å²) in [4.78, 5) is 26.9. The molecule has 11 nitrogen and oxygen atoms in total. The minimum Gasteiger partial charge on any atom is -0.487 e. The third-order valence-corrected chi connectivity index (χ3v) is 7.71. The van der Waals surface area contributed by atoms with Gasteiger partial charge in [0.1, 0.15) is 13.2 Å². The van der Waals surface area contributed by atoms with E-state index in [9.17, 15) is 14.7 Å². The van der Waals surface area contributed by atoms with Gasteiger partial charge in [-0.25, -0.2) is 5.43 Å². The number of ether oxygens (including phenoxy) is 4. The van der Waals surface area contributed by atoms with Crippen molar-refractivity contribution in [2.75, 3.05) is 58.3 Å². The molecule has 1 unspecified atom stereocenters. The van der Waals surface area contributed by atoms with Gasteiger partial charge in [0.15, 0.2) is 11.5 Å². The molecule has 242 valence electrons. The highest BCUT2D eigenvalue weighted by molar-refractivity contribution is 7.98. The molecular weight excluding hydrogens is 598 g/mol. The van der Waals surface area contributed by atoms with Crippen LogP contribution in [0.5, 0.6) is 11.5 Å². The molecule has 0 saturated carbocycles. The van der Waals surface area contributed by atoms with Crippen LogP contribution in [0.15, 0.2) is 59.7 Å². The van der Waals surface area contributed by atoms with Crippen molar-refractivity contribution in [1.82, 2.24) is 5.43 Å². The number of hydrogen-bond donors (Lipinski definition) is 4. The number of hydrazone groups is 1. The van der Waals surface area contributed by atoms with E-state index < -0.39 is 17.9 Å². The molecule has 12 heteroatoms. The van der Waals surface area contributed by atoms with E-state index >= 15 is 0 Å². The van der Waals surface area contributed by atoms with E-state index in [-0.39, 0.29) is 36.8 Å². The van der Waals surface area contributed by atoms with E-state index in [1.165, 1.54) is 23.9 Å². The van der Waals surface area contributed by atoms with Crippen LogP contribution in [0, 0.1) is 13.8 Å². The van der Waals surface area contributed by atoms with E-state index in [4.69, 9.17) is 24.1 Å². The van der Waals surface area contributed by atoms with Gasteiger partial charge in [-0.3, -0.25) is 9.59 Å². The van der Waals surface area contributed by atoms with Crippen molar-refractivity contribution in [2.24, 2.45) is 5.10 Å². The number of carbonyl (C=O) groups excluding carboxylic acids is 2. The van der Waals surface area contributed by atoms with Crippen LogP contribution >= 0.6 is 11.8 Å². The van der Waals surface area contributed by atoms with Gasteiger partial charge in [0.2, 0.25) is 0 Å². The second-order valence-corrected chi connectivity index (χ2v) is 11.1. The summed E-state index contributed by atoms with van der Waals surface area (Å²) in [6.45, 7) is 4.74. The number of carbonyl (C=O) groups is 2. The Morgan fingerprint density at radius 2 is 1.62 bits per heavy atom. The summed E-state index contributed by atoms with van der Waals surface area (Å²) in [5.74, 6) is 0.478. The lowest BCUT2D eigenvalue weighted by Gasteiger charge is -2.17.